The fourth-order valence-electron chi connectivity index (χ4n) is 3.09. The quantitative estimate of drug-likeness (QED) is 0.928. The number of carbonyl (C=O) groups is 1. The van der Waals surface area contributed by atoms with Gasteiger partial charge in [0.05, 0.1) is 4.88 Å². The summed E-state index contributed by atoms with van der Waals surface area (Å²) in [5.74, 6) is 0.0475. The van der Waals surface area contributed by atoms with Gasteiger partial charge in [0, 0.05) is 16.8 Å². The monoisotopic (exact) mass is 316 g/mol. The summed E-state index contributed by atoms with van der Waals surface area (Å²) in [4.78, 5) is 15.7. The minimum absolute atomic E-state index is 0.0206. The second-order valence-corrected chi connectivity index (χ2v) is 7.78. The fraction of sp³-hybridized carbons (Fsp3) is 0.500. The van der Waals surface area contributed by atoms with E-state index in [1.54, 1.807) is 11.3 Å². The molecule has 1 N–H and O–H groups in total. The van der Waals surface area contributed by atoms with Gasteiger partial charge in [-0.15, -0.1) is 11.3 Å². The first-order chi connectivity index (χ1) is 10.6. The van der Waals surface area contributed by atoms with Gasteiger partial charge in [0.25, 0.3) is 5.91 Å². The summed E-state index contributed by atoms with van der Waals surface area (Å²) in [5, 5.41) is 4.27. The molecule has 1 saturated heterocycles. The number of likely N-dealkylation sites (tertiary alicyclic amines) is 1. The molecule has 0 bridgehead atoms. The van der Waals surface area contributed by atoms with Gasteiger partial charge >= 0.3 is 0 Å². The maximum atomic E-state index is 12.4. The number of hydrogen-bond donors (Lipinski definition) is 1. The van der Waals surface area contributed by atoms with Crippen LogP contribution in [0.4, 0.5) is 0 Å². The van der Waals surface area contributed by atoms with Crippen molar-refractivity contribution in [3.8, 4) is 0 Å². The van der Waals surface area contributed by atoms with E-state index in [4.69, 9.17) is 0 Å². The van der Waals surface area contributed by atoms with Crippen LogP contribution in [0.5, 0.6) is 0 Å². The Morgan fingerprint density at radius 3 is 2.68 bits per heavy atom. The minimum atomic E-state index is 0.0206. The van der Waals surface area contributed by atoms with Crippen molar-refractivity contribution in [1.29, 1.82) is 0 Å². The summed E-state index contributed by atoms with van der Waals surface area (Å²) < 4.78 is 1.17. The highest BCUT2D eigenvalue weighted by Crippen LogP contribution is 2.25. The molecule has 1 fully saturated rings. The Morgan fingerprint density at radius 2 is 1.95 bits per heavy atom. The molecule has 0 aliphatic carbocycles. The number of thiophene rings is 1. The normalized spacial score (nSPS) is 16.8. The van der Waals surface area contributed by atoms with Crippen LogP contribution in [0.2, 0.25) is 0 Å². The molecule has 3 nitrogen and oxygen atoms in total. The fourth-order valence-corrected chi connectivity index (χ4v) is 4.07. The molecule has 1 aromatic heterocycles. The molecule has 0 atom stereocenters. The van der Waals surface area contributed by atoms with E-state index in [0.29, 0.717) is 6.54 Å². The van der Waals surface area contributed by atoms with Crippen molar-refractivity contribution >= 4 is 27.3 Å². The standard InChI is InChI=1S/C18H24N2OS/c1-18(2,20-10-6-3-7-11-20)13-19-17(21)16-12-14-8-4-5-9-15(14)22-16/h4-5,8-9,12H,3,6-7,10-11,13H2,1-2H3,(H,19,21). The Hall–Kier alpha value is -1.39. The zero-order valence-corrected chi connectivity index (χ0v) is 14.2. The van der Waals surface area contributed by atoms with Gasteiger partial charge in [0.2, 0.25) is 0 Å². The van der Waals surface area contributed by atoms with Crippen LogP contribution in [0.1, 0.15) is 42.8 Å². The third-order valence-electron chi connectivity index (χ3n) is 4.54. The van der Waals surface area contributed by atoms with Crippen molar-refractivity contribution in [3.63, 3.8) is 0 Å². The lowest BCUT2D eigenvalue weighted by Gasteiger charge is -2.41. The van der Waals surface area contributed by atoms with E-state index in [9.17, 15) is 4.79 Å². The van der Waals surface area contributed by atoms with Crippen LogP contribution in [0.25, 0.3) is 10.1 Å². The number of amides is 1. The maximum Gasteiger partial charge on any atom is 0.261 e. The van der Waals surface area contributed by atoms with Gasteiger partial charge in [-0.25, -0.2) is 0 Å². The predicted octanol–water partition coefficient (Wildman–Crippen LogP) is 3.90. The average molecular weight is 316 g/mol. The molecule has 22 heavy (non-hydrogen) atoms. The number of piperidine rings is 1. The SMILES string of the molecule is CC(C)(CNC(=O)c1cc2ccccc2s1)N1CCCCC1. The van der Waals surface area contributed by atoms with Crippen LogP contribution in [0, 0.1) is 0 Å². The molecule has 2 aromatic rings. The second-order valence-electron chi connectivity index (χ2n) is 6.69. The first-order valence-electron chi connectivity index (χ1n) is 8.08. The minimum Gasteiger partial charge on any atom is -0.349 e. The molecular formula is C18H24N2OS. The molecule has 3 rings (SSSR count). The number of fused-ring (bicyclic) bond motifs is 1. The summed E-state index contributed by atoms with van der Waals surface area (Å²) in [6, 6.07) is 10.1. The van der Waals surface area contributed by atoms with E-state index >= 15 is 0 Å². The van der Waals surface area contributed by atoms with E-state index in [2.05, 4.69) is 36.2 Å². The summed E-state index contributed by atoms with van der Waals surface area (Å²) in [7, 11) is 0. The van der Waals surface area contributed by atoms with Crippen molar-refractivity contribution in [2.24, 2.45) is 0 Å². The summed E-state index contributed by atoms with van der Waals surface area (Å²) >= 11 is 1.57. The van der Waals surface area contributed by atoms with Gasteiger partial charge in [-0.05, 0) is 57.3 Å². The highest BCUT2D eigenvalue weighted by Gasteiger charge is 2.28. The van der Waals surface area contributed by atoms with E-state index in [-0.39, 0.29) is 11.4 Å². The summed E-state index contributed by atoms with van der Waals surface area (Å²) in [6.07, 6.45) is 3.88. The van der Waals surface area contributed by atoms with Crippen molar-refractivity contribution in [1.82, 2.24) is 10.2 Å². The Kier molecular flexibility index (Phi) is 4.50. The van der Waals surface area contributed by atoms with Gasteiger partial charge in [0.15, 0.2) is 0 Å². The second kappa shape index (κ2) is 6.39. The smallest absolute Gasteiger partial charge is 0.261 e. The van der Waals surface area contributed by atoms with Crippen molar-refractivity contribution in [2.45, 2.75) is 38.6 Å². The van der Waals surface area contributed by atoms with Crippen LogP contribution in [-0.4, -0.2) is 36.0 Å². The van der Waals surface area contributed by atoms with Crippen molar-refractivity contribution in [2.75, 3.05) is 19.6 Å². The molecular weight excluding hydrogens is 292 g/mol. The number of benzene rings is 1. The van der Waals surface area contributed by atoms with Gasteiger partial charge in [-0.2, -0.15) is 0 Å². The molecule has 1 aromatic carbocycles. The lowest BCUT2D eigenvalue weighted by molar-refractivity contribution is 0.0800. The Morgan fingerprint density at radius 1 is 1.23 bits per heavy atom. The summed E-state index contributed by atoms with van der Waals surface area (Å²) in [6.45, 7) is 7.44. The maximum absolute atomic E-state index is 12.4. The molecule has 1 amide bonds. The Labute approximate surface area is 136 Å². The molecule has 1 aliphatic rings. The third kappa shape index (κ3) is 3.33. The topological polar surface area (TPSA) is 32.3 Å². The number of hydrogen-bond acceptors (Lipinski definition) is 3. The van der Waals surface area contributed by atoms with Crippen LogP contribution >= 0.6 is 11.3 Å². The molecule has 0 radical (unpaired) electrons. The third-order valence-corrected chi connectivity index (χ3v) is 5.66. The lowest BCUT2D eigenvalue weighted by Crippen LogP contribution is -2.53. The number of nitrogens with one attached hydrogen (secondary N) is 1. The number of carbonyl (C=O) groups excluding carboxylic acids is 1. The zero-order valence-electron chi connectivity index (χ0n) is 13.4. The van der Waals surface area contributed by atoms with Crippen LogP contribution in [0.15, 0.2) is 30.3 Å². The molecule has 4 heteroatoms. The van der Waals surface area contributed by atoms with Gasteiger partial charge in [-0.1, -0.05) is 24.6 Å². The van der Waals surface area contributed by atoms with E-state index in [1.807, 2.05) is 18.2 Å². The summed E-state index contributed by atoms with van der Waals surface area (Å²) in [5.41, 5.74) is 0.0206. The number of rotatable bonds is 4. The molecule has 118 valence electrons. The Bertz CT molecular complexity index is 623. The van der Waals surface area contributed by atoms with E-state index in [0.717, 1.165) is 23.4 Å². The average Bonchev–Trinajstić information content (AvgIpc) is 2.98. The highest BCUT2D eigenvalue weighted by molar-refractivity contribution is 7.20. The van der Waals surface area contributed by atoms with Crippen LogP contribution in [-0.2, 0) is 0 Å². The first kappa shape index (κ1) is 15.5. The van der Waals surface area contributed by atoms with Gasteiger partial charge in [0.1, 0.15) is 0 Å². The molecule has 0 unspecified atom stereocenters. The molecule has 2 heterocycles. The largest absolute Gasteiger partial charge is 0.349 e. The first-order valence-corrected chi connectivity index (χ1v) is 8.90. The zero-order chi connectivity index (χ0) is 15.6. The Balaban J connectivity index is 1.63. The van der Waals surface area contributed by atoms with Crippen molar-refractivity contribution in [3.05, 3.63) is 35.2 Å². The van der Waals surface area contributed by atoms with Crippen LogP contribution < -0.4 is 5.32 Å². The van der Waals surface area contributed by atoms with Crippen LogP contribution in [0.3, 0.4) is 0 Å². The van der Waals surface area contributed by atoms with E-state index < -0.39 is 0 Å². The number of nitrogens with zero attached hydrogens (tertiary/aromatic N) is 1. The lowest BCUT2D eigenvalue weighted by atomic mass is 9.98. The van der Waals surface area contributed by atoms with Gasteiger partial charge < -0.3 is 5.32 Å². The molecule has 0 spiro atoms. The van der Waals surface area contributed by atoms with Crippen molar-refractivity contribution < 1.29 is 4.79 Å². The highest BCUT2D eigenvalue weighted by atomic mass is 32.1. The van der Waals surface area contributed by atoms with Gasteiger partial charge in [-0.3, -0.25) is 9.69 Å². The predicted molar refractivity (Wildman–Crippen MR) is 93.7 cm³/mol. The van der Waals surface area contributed by atoms with E-state index in [1.165, 1.54) is 24.0 Å². The molecule has 1 aliphatic heterocycles. The molecule has 0 saturated carbocycles.